The summed E-state index contributed by atoms with van der Waals surface area (Å²) in [4.78, 5) is 21.8. The summed E-state index contributed by atoms with van der Waals surface area (Å²) in [6.45, 7) is 0. The molecule has 0 radical (unpaired) electrons. The van der Waals surface area contributed by atoms with E-state index in [9.17, 15) is 23.7 Å². The molecule has 7 heteroatoms. The minimum Gasteiger partial charge on any atom is -0.314 e. The van der Waals surface area contributed by atoms with E-state index in [1.54, 1.807) is 0 Å². The Morgan fingerprint density at radius 3 is 2.35 bits per heavy atom. The van der Waals surface area contributed by atoms with Crippen molar-refractivity contribution in [3.63, 3.8) is 0 Å². The number of benzene rings is 2. The van der Waals surface area contributed by atoms with E-state index in [0.29, 0.717) is 0 Å². The molecule has 0 fully saturated rings. The number of carbonyl (C=O) groups excluding carboxylic acids is 1. The second-order valence-electron chi connectivity index (χ2n) is 3.85. The number of halogens is 2. The van der Waals surface area contributed by atoms with Crippen LogP contribution in [0.2, 0.25) is 0 Å². The van der Waals surface area contributed by atoms with Gasteiger partial charge in [0.1, 0.15) is 5.82 Å². The molecular weight excluding hydrogens is 270 g/mol. The lowest BCUT2D eigenvalue weighted by Gasteiger charge is -2.07. The number of para-hydroxylation sites is 1. The third-order valence-electron chi connectivity index (χ3n) is 2.53. The Balaban J connectivity index is 2.32. The summed E-state index contributed by atoms with van der Waals surface area (Å²) in [6.07, 6.45) is 0. The predicted octanol–water partition coefficient (Wildman–Crippen LogP) is 3.13. The van der Waals surface area contributed by atoms with Crippen LogP contribution in [-0.2, 0) is 0 Å². The van der Waals surface area contributed by atoms with Gasteiger partial charge in [-0.3, -0.25) is 14.9 Å². The van der Waals surface area contributed by atoms with E-state index in [1.807, 2.05) is 0 Å². The van der Waals surface area contributed by atoms with E-state index in [1.165, 1.54) is 18.2 Å². The quantitative estimate of drug-likeness (QED) is 0.692. The van der Waals surface area contributed by atoms with Crippen molar-refractivity contribution in [3.05, 3.63) is 69.8 Å². The van der Waals surface area contributed by atoms with Gasteiger partial charge in [-0.15, -0.1) is 0 Å². The number of nitrogens with zero attached hydrogens (tertiary/aromatic N) is 1. The molecular formula is C13H8F2N2O3. The van der Waals surface area contributed by atoms with Crippen LogP contribution in [-0.4, -0.2) is 10.8 Å². The van der Waals surface area contributed by atoms with E-state index in [0.717, 1.165) is 24.3 Å². The summed E-state index contributed by atoms with van der Waals surface area (Å²) in [6, 6.07) is 7.74. The second kappa shape index (κ2) is 5.43. The lowest BCUT2D eigenvalue weighted by atomic mass is 10.2. The van der Waals surface area contributed by atoms with Gasteiger partial charge in [-0.25, -0.2) is 8.78 Å². The van der Waals surface area contributed by atoms with Gasteiger partial charge in [0.2, 0.25) is 0 Å². The maximum absolute atomic E-state index is 13.6. The summed E-state index contributed by atoms with van der Waals surface area (Å²) in [5.74, 6) is -2.22. The highest BCUT2D eigenvalue weighted by Crippen LogP contribution is 2.27. The van der Waals surface area contributed by atoms with Crippen molar-refractivity contribution < 1.29 is 18.5 Å². The average Bonchev–Trinajstić information content (AvgIpc) is 2.41. The van der Waals surface area contributed by atoms with Gasteiger partial charge in [-0.2, -0.15) is 0 Å². The standard InChI is InChI=1S/C13H8F2N2O3/c14-9-6-4-8(5-7-9)13(18)16-12-10(15)2-1-3-11(12)17(19)20/h1-7H,(H,16,18). The fourth-order valence-electron chi connectivity index (χ4n) is 1.58. The zero-order valence-electron chi connectivity index (χ0n) is 9.97. The first-order chi connectivity index (χ1) is 9.49. The number of hydrogen-bond donors (Lipinski definition) is 1. The monoisotopic (exact) mass is 278 g/mol. The Labute approximate surface area is 112 Å². The van der Waals surface area contributed by atoms with Crippen LogP contribution in [0, 0.1) is 21.7 Å². The number of hydrogen-bond acceptors (Lipinski definition) is 3. The number of nitrogens with one attached hydrogen (secondary N) is 1. The third kappa shape index (κ3) is 2.77. The molecule has 0 aliphatic rings. The number of nitro benzene ring substituents is 1. The first-order valence-electron chi connectivity index (χ1n) is 5.49. The van der Waals surface area contributed by atoms with Crippen molar-refractivity contribution in [1.82, 2.24) is 0 Å². The molecule has 0 saturated carbocycles. The molecule has 20 heavy (non-hydrogen) atoms. The van der Waals surface area contributed by atoms with Crippen LogP contribution in [0.15, 0.2) is 42.5 Å². The minimum atomic E-state index is -0.922. The molecule has 2 aromatic rings. The number of anilines is 1. The molecule has 2 rings (SSSR count). The Hall–Kier alpha value is -2.83. The summed E-state index contributed by atoms with van der Waals surface area (Å²) in [5.41, 5.74) is -1.02. The topological polar surface area (TPSA) is 72.2 Å². The number of rotatable bonds is 3. The molecule has 2 aromatic carbocycles. The highest BCUT2D eigenvalue weighted by molar-refractivity contribution is 6.05. The fraction of sp³-hybridized carbons (Fsp3) is 0. The normalized spacial score (nSPS) is 10.1. The van der Waals surface area contributed by atoms with Crippen molar-refractivity contribution in [1.29, 1.82) is 0 Å². The van der Waals surface area contributed by atoms with E-state index in [2.05, 4.69) is 5.32 Å². The zero-order chi connectivity index (χ0) is 14.7. The van der Waals surface area contributed by atoms with Crippen LogP contribution in [0.5, 0.6) is 0 Å². The van der Waals surface area contributed by atoms with Crippen LogP contribution in [0.25, 0.3) is 0 Å². The largest absolute Gasteiger partial charge is 0.314 e. The van der Waals surface area contributed by atoms with Crippen molar-refractivity contribution in [2.75, 3.05) is 5.32 Å². The van der Waals surface area contributed by atoms with Gasteiger partial charge in [-0.05, 0) is 30.3 Å². The molecule has 1 N–H and O–H groups in total. The molecule has 0 saturated heterocycles. The first-order valence-corrected chi connectivity index (χ1v) is 5.49. The summed E-state index contributed by atoms with van der Waals surface area (Å²) in [5, 5.41) is 12.9. The molecule has 0 spiro atoms. The molecule has 0 aliphatic heterocycles. The zero-order valence-corrected chi connectivity index (χ0v) is 9.97. The van der Waals surface area contributed by atoms with Crippen molar-refractivity contribution in [2.24, 2.45) is 0 Å². The lowest BCUT2D eigenvalue weighted by molar-refractivity contribution is -0.384. The summed E-state index contributed by atoms with van der Waals surface area (Å²) >= 11 is 0. The average molecular weight is 278 g/mol. The van der Waals surface area contributed by atoms with Gasteiger partial charge in [0.15, 0.2) is 11.5 Å². The molecule has 102 valence electrons. The summed E-state index contributed by atoms with van der Waals surface area (Å²) in [7, 11) is 0. The minimum absolute atomic E-state index is 0.0592. The van der Waals surface area contributed by atoms with Crippen LogP contribution in [0.1, 0.15) is 10.4 Å². The molecule has 1 amide bonds. The van der Waals surface area contributed by atoms with E-state index >= 15 is 0 Å². The predicted molar refractivity (Wildman–Crippen MR) is 67.4 cm³/mol. The van der Waals surface area contributed by atoms with Crippen LogP contribution >= 0.6 is 0 Å². The molecule has 0 aliphatic carbocycles. The maximum Gasteiger partial charge on any atom is 0.295 e. The number of carbonyl (C=O) groups is 1. The SMILES string of the molecule is O=C(Nc1c(F)cccc1[N+](=O)[O-])c1ccc(F)cc1. The Kier molecular flexibility index (Phi) is 3.69. The molecule has 0 bridgehead atoms. The fourth-order valence-corrected chi connectivity index (χ4v) is 1.58. The molecule has 0 aromatic heterocycles. The Bertz CT molecular complexity index is 672. The molecule has 0 atom stereocenters. The molecule has 5 nitrogen and oxygen atoms in total. The van der Waals surface area contributed by atoms with Crippen molar-refractivity contribution in [3.8, 4) is 0 Å². The van der Waals surface area contributed by atoms with Crippen LogP contribution in [0.4, 0.5) is 20.2 Å². The Morgan fingerprint density at radius 2 is 1.75 bits per heavy atom. The van der Waals surface area contributed by atoms with E-state index in [-0.39, 0.29) is 5.56 Å². The smallest absolute Gasteiger partial charge is 0.295 e. The van der Waals surface area contributed by atoms with Crippen LogP contribution < -0.4 is 5.32 Å². The highest BCUT2D eigenvalue weighted by atomic mass is 19.1. The van der Waals surface area contributed by atoms with Gasteiger partial charge in [0, 0.05) is 11.6 Å². The molecule has 0 unspecified atom stereocenters. The van der Waals surface area contributed by atoms with Gasteiger partial charge >= 0.3 is 0 Å². The molecule has 0 heterocycles. The second-order valence-corrected chi connectivity index (χ2v) is 3.85. The van der Waals surface area contributed by atoms with Crippen LogP contribution in [0.3, 0.4) is 0 Å². The van der Waals surface area contributed by atoms with Crippen molar-refractivity contribution >= 4 is 17.3 Å². The maximum atomic E-state index is 13.6. The van der Waals surface area contributed by atoms with Gasteiger partial charge in [0.25, 0.3) is 11.6 Å². The number of amides is 1. The Morgan fingerprint density at radius 1 is 1.10 bits per heavy atom. The third-order valence-corrected chi connectivity index (χ3v) is 2.53. The van der Waals surface area contributed by atoms with E-state index < -0.39 is 33.8 Å². The van der Waals surface area contributed by atoms with E-state index in [4.69, 9.17) is 0 Å². The van der Waals surface area contributed by atoms with Gasteiger partial charge in [-0.1, -0.05) is 6.07 Å². The first kappa shape index (κ1) is 13.6. The van der Waals surface area contributed by atoms with Crippen molar-refractivity contribution in [2.45, 2.75) is 0 Å². The lowest BCUT2D eigenvalue weighted by Crippen LogP contribution is -2.14. The van der Waals surface area contributed by atoms with Gasteiger partial charge in [0.05, 0.1) is 4.92 Å². The number of nitro groups is 1. The van der Waals surface area contributed by atoms with Gasteiger partial charge < -0.3 is 5.32 Å². The highest BCUT2D eigenvalue weighted by Gasteiger charge is 2.20. The summed E-state index contributed by atoms with van der Waals surface area (Å²) < 4.78 is 26.3.